The minimum absolute atomic E-state index is 0.0307. The molecule has 3 aliphatic rings. The van der Waals surface area contributed by atoms with Gasteiger partial charge >= 0.3 is 5.97 Å². The lowest BCUT2D eigenvalue weighted by Crippen LogP contribution is -2.45. The number of carbonyl (C=O) groups excluding carboxylic acids is 2. The molecule has 2 aliphatic carbocycles. The quantitative estimate of drug-likeness (QED) is 0.529. The van der Waals surface area contributed by atoms with Crippen LogP contribution in [0.25, 0.3) is 0 Å². The fourth-order valence-corrected chi connectivity index (χ4v) is 5.80. The summed E-state index contributed by atoms with van der Waals surface area (Å²) in [6.07, 6.45) is 3.71. The summed E-state index contributed by atoms with van der Waals surface area (Å²) in [6.45, 7) is 12.6. The van der Waals surface area contributed by atoms with Gasteiger partial charge in [-0.05, 0) is 41.4 Å². The lowest BCUT2D eigenvalue weighted by atomic mass is 9.63. The molecule has 1 aliphatic heterocycles. The van der Waals surface area contributed by atoms with E-state index >= 15 is 0 Å². The highest BCUT2D eigenvalue weighted by Crippen LogP contribution is 2.54. The molecule has 6 heteroatoms. The van der Waals surface area contributed by atoms with E-state index in [2.05, 4.69) is 34.3 Å². The zero-order valence-electron chi connectivity index (χ0n) is 21.1. The van der Waals surface area contributed by atoms with Crippen molar-refractivity contribution in [3.8, 4) is 5.75 Å². The number of carboxylic acids is 1. The molecule has 0 atom stereocenters. The first-order valence-electron chi connectivity index (χ1n) is 12.3. The number of ether oxygens (including phenoxy) is 1. The van der Waals surface area contributed by atoms with Crippen molar-refractivity contribution in [1.29, 1.82) is 0 Å². The van der Waals surface area contributed by atoms with Gasteiger partial charge < -0.3 is 14.7 Å². The van der Waals surface area contributed by atoms with Gasteiger partial charge in [0.25, 0.3) is 0 Å². The SMILES string of the molecule is C=CCOc1cccc(C2C3=C(CC(C)(C)CC3=O)N(CCC(=O)O)C3=C2C(=O)CC(C)(C)C3)c1. The minimum Gasteiger partial charge on any atom is -0.490 e. The lowest BCUT2D eigenvalue weighted by molar-refractivity contribution is -0.137. The van der Waals surface area contributed by atoms with Gasteiger partial charge in [-0.3, -0.25) is 14.4 Å². The average molecular weight is 478 g/mol. The van der Waals surface area contributed by atoms with E-state index in [1.165, 1.54) is 0 Å². The van der Waals surface area contributed by atoms with Gasteiger partial charge in [-0.25, -0.2) is 0 Å². The molecule has 0 spiro atoms. The van der Waals surface area contributed by atoms with Crippen LogP contribution in [-0.2, 0) is 14.4 Å². The Bertz CT molecular complexity index is 1100. The van der Waals surface area contributed by atoms with Crippen molar-refractivity contribution in [2.24, 2.45) is 10.8 Å². The number of carbonyl (C=O) groups is 3. The number of hydrogen-bond donors (Lipinski definition) is 1. The maximum absolute atomic E-state index is 13.7. The van der Waals surface area contributed by atoms with E-state index in [-0.39, 0.29) is 35.4 Å². The van der Waals surface area contributed by atoms with E-state index in [0.717, 1.165) is 17.0 Å². The van der Waals surface area contributed by atoms with Gasteiger partial charge in [0.05, 0.1) is 6.42 Å². The van der Waals surface area contributed by atoms with Gasteiger partial charge in [0.15, 0.2) is 11.6 Å². The molecule has 1 N–H and O–H groups in total. The van der Waals surface area contributed by atoms with Crippen molar-refractivity contribution < 1.29 is 24.2 Å². The zero-order chi connectivity index (χ0) is 25.5. The van der Waals surface area contributed by atoms with E-state index in [9.17, 15) is 19.5 Å². The first-order valence-corrected chi connectivity index (χ1v) is 12.3. The Morgan fingerprint density at radius 1 is 1.06 bits per heavy atom. The van der Waals surface area contributed by atoms with Crippen LogP contribution in [0.4, 0.5) is 0 Å². The van der Waals surface area contributed by atoms with Gasteiger partial charge in [-0.1, -0.05) is 52.5 Å². The Morgan fingerprint density at radius 3 is 2.14 bits per heavy atom. The molecule has 4 rings (SSSR count). The summed E-state index contributed by atoms with van der Waals surface area (Å²) in [5.74, 6) is -0.648. The number of aliphatic carboxylic acids is 1. The zero-order valence-corrected chi connectivity index (χ0v) is 21.1. The fourth-order valence-electron chi connectivity index (χ4n) is 5.80. The van der Waals surface area contributed by atoms with Gasteiger partial charge in [0, 0.05) is 47.8 Å². The number of hydrogen-bond acceptors (Lipinski definition) is 5. The molecule has 0 aromatic heterocycles. The molecule has 0 saturated carbocycles. The average Bonchev–Trinajstić information content (AvgIpc) is 2.74. The van der Waals surface area contributed by atoms with E-state index in [0.29, 0.717) is 49.2 Å². The lowest BCUT2D eigenvalue weighted by Gasteiger charge is -2.49. The largest absolute Gasteiger partial charge is 0.490 e. The normalized spacial score (nSPS) is 21.5. The highest BCUT2D eigenvalue weighted by molar-refractivity contribution is 6.06. The minimum atomic E-state index is -0.897. The second-order valence-electron chi connectivity index (χ2n) is 11.5. The number of nitrogens with zero attached hydrogens (tertiary/aromatic N) is 1. The van der Waals surface area contributed by atoms with Crippen LogP contribution in [0, 0.1) is 10.8 Å². The summed E-state index contributed by atoms with van der Waals surface area (Å²) >= 11 is 0. The Labute approximate surface area is 207 Å². The van der Waals surface area contributed by atoms with Gasteiger partial charge in [-0.15, -0.1) is 0 Å². The Kier molecular flexibility index (Phi) is 6.52. The van der Waals surface area contributed by atoms with Crippen LogP contribution < -0.4 is 4.74 Å². The molecule has 6 nitrogen and oxygen atoms in total. The smallest absolute Gasteiger partial charge is 0.305 e. The van der Waals surface area contributed by atoms with Crippen molar-refractivity contribution in [3.05, 3.63) is 65.0 Å². The van der Waals surface area contributed by atoms with Crippen LogP contribution in [0.2, 0.25) is 0 Å². The third-order valence-corrected chi connectivity index (χ3v) is 7.13. The van der Waals surface area contributed by atoms with E-state index in [1.54, 1.807) is 6.08 Å². The third-order valence-electron chi connectivity index (χ3n) is 7.13. The second-order valence-corrected chi connectivity index (χ2v) is 11.5. The molecular weight excluding hydrogens is 442 g/mol. The number of rotatable bonds is 7. The summed E-state index contributed by atoms with van der Waals surface area (Å²) in [5, 5.41) is 9.46. The molecule has 0 bridgehead atoms. The van der Waals surface area contributed by atoms with Crippen LogP contribution in [0.5, 0.6) is 5.75 Å². The van der Waals surface area contributed by atoms with Gasteiger partial charge in [-0.2, -0.15) is 0 Å². The maximum atomic E-state index is 13.7. The van der Waals surface area contributed by atoms with E-state index in [4.69, 9.17) is 4.74 Å². The molecule has 1 aromatic carbocycles. The molecule has 186 valence electrons. The molecule has 35 heavy (non-hydrogen) atoms. The van der Waals surface area contributed by atoms with Gasteiger partial charge in [0.1, 0.15) is 12.4 Å². The number of ketones is 2. The summed E-state index contributed by atoms with van der Waals surface area (Å²) in [6, 6.07) is 7.61. The molecule has 1 aromatic rings. The van der Waals surface area contributed by atoms with E-state index < -0.39 is 11.9 Å². The third kappa shape index (κ3) is 4.97. The van der Waals surface area contributed by atoms with Crippen LogP contribution in [-0.4, -0.2) is 40.7 Å². The van der Waals surface area contributed by atoms with Gasteiger partial charge in [0.2, 0.25) is 0 Å². The predicted octanol–water partition coefficient (Wildman–Crippen LogP) is 5.41. The fraction of sp³-hybridized carbons (Fsp3) is 0.483. The number of benzene rings is 1. The second kappa shape index (κ2) is 9.14. The summed E-state index contributed by atoms with van der Waals surface area (Å²) in [4.78, 5) is 40.9. The highest BCUT2D eigenvalue weighted by atomic mass is 16.5. The van der Waals surface area contributed by atoms with Crippen molar-refractivity contribution in [2.75, 3.05) is 13.2 Å². The number of Topliss-reactive ketones (excluding diaryl/α,β-unsaturated/α-hetero) is 2. The maximum Gasteiger partial charge on any atom is 0.305 e. The Morgan fingerprint density at radius 2 is 1.63 bits per heavy atom. The number of carboxylic acid groups (broad SMARTS) is 1. The summed E-state index contributed by atoms with van der Waals surface area (Å²) < 4.78 is 5.77. The molecular formula is C29H35NO5. The highest BCUT2D eigenvalue weighted by Gasteiger charge is 2.48. The van der Waals surface area contributed by atoms with Crippen molar-refractivity contribution in [1.82, 2.24) is 4.90 Å². The van der Waals surface area contributed by atoms with Crippen molar-refractivity contribution in [2.45, 2.75) is 65.7 Å². The van der Waals surface area contributed by atoms with E-state index in [1.807, 2.05) is 29.2 Å². The Hall–Kier alpha value is -3.15. The first-order chi connectivity index (χ1) is 16.4. The summed E-state index contributed by atoms with van der Waals surface area (Å²) in [7, 11) is 0. The molecule has 0 saturated heterocycles. The monoisotopic (exact) mass is 477 g/mol. The van der Waals surface area contributed by atoms with Crippen LogP contribution in [0.3, 0.4) is 0 Å². The standard InChI is InChI=1S/C29H35NO5/c1-6-12-35-19-9-7-8-18(13-19)25-26-20(14-28(2,3)16-22(26)31)30(11-10-24(33)34)21-15-29(4,5)17-23(32)27(21)25/h6-9,13,25H,1,10-12,14-17H2,2-5H3,(H,33,34). The van der Waals surface area contributed by atoms with Crippen LogP contribution >= 0.6 is 0 Å². The van der Waals surface area contributed by atoms with Crippen molar-refractivity contribution >= 4 is 17.5 Å². The topological polar surface area (TPSA) is 83.9 Å². The molecule has 0 radical (unpaired) electrons. The first kappa shape index (κ1) is 25.0. The van der Waals surface area contributed by atoms with Crippen LogP contribution in [0.15, 0.2) is 59.5 Å². The summed E-state index contributed by atoms with van der Waals surface area (Å²) in [5.41, 5.74) is 3.39. The van der Waals surface area contributed by atoms with Crippen molar-refractivity contribution in [3.63, 3.8) is 0 Å². The molecule has 0 fully saturated rings. The Balaban J connectivity index is 1.94. The molecule has 1 heterocycles. The van der Waals surface area contributed by atoms with Crippen LogP contribution in [0.1, 0.15) is 71.3 Å². The predicted molar refractivity (Wildman–Crippen MR) is 134 cm³/mol. The number of allylic oxidation sites excluding steroid dienone is 4. The molecule has 0 unspecified atom stereocenters. The molecule has 0 amide bonds.